The first-order valence-electron chi connectivity index (χ1n) is 7.09. The molecule has 0 radical (unpaired) electrons. The molecule has 25 heavy (non-hydrogen) atoms. The highest BCUT2D eigenvalue weighted by molar-refractivity contribution is 7.89. The number of methoxy groups -OCH3 is 3. The highest BCUT2D eigenvalue weighted by Crippen LogP contribution is 2.22. The van der Waals surface area contributed by atoms with E-state index in [9.17, 15) is 13.2 Å². The molecule has 0 bridgehead atoms. The van der Waals surface area contributed by atoms with Gasteiger partial charge in [-0.15, -0.1) is 4.83 Å². The summed E-state index contributed by atoms with van der Waals surface area (Å²) in [5, 5.41) is 0. The fourth-order valence-electron chi connectivity index (χ4n) is 1.94. The van der Waals surface area contributed by atoms with Crippen LogP contribution < -0.4 is 24.5 Å². The quantitative estimate of drug-likeness (QED) is 0.717. The second kappa shape index (κ2) is 7.86. The molecule has 0 spiro atoms. The van der Waals surface area contributed by atoms with Gasteiger partial charge in [-0.2, -0.15) is 0 Å². The maximum Gasteiger partial charge on any atom is 0.266 e. The van der Waals surface area contributed by atoms with E-state index in [4.69, 9.17) is 14.2 Å². The predicted molar refractivity (Wildman–Crippen MR) is 90.3 cm³/mol. The number of hydrogen-bond donors (Lipinski definition) is 2. The summed E-state index contributed by atoms with van der Waals surface area (Å²) in [5.74, 6) is 0.672. The van der Waals surface area contributed by atoms with E-state index in [1.807, 2.05) is 4.83 Å². The van der Waals surface area contributed by atoms with Crippen LogP contribution in [-0.4, -0.2) is 35.7 Å². The minimum absolute atomic E-state index is 0.0168. The average molecular weight is 366 g/mol. The lowest BCUT2D eigenvalue weighted by Gasteiger charge is -2.11. The molecule has 0 aliphatic carbocycles. The number of nitrogens with one attached hydrogen (secondary N) is 2. The molecule has 0 aromatic heterocycles. The number of carbonyl (C=O) groups excluding carboxylic acids is 1. The van der Waals surface area contributed by atoms with Crippen LogP contribution in [0.25, 0.3) is 0 Å². The van der Waals surface area contributed by atoms with Crippen LogP contribution in [0.1, 0.15) is 10.4 Å². The van der Waals surface area contributed by atoms with Gasteiger partial charge in [-0.3, -0.25) is 10.2 Å². The standard InChI is InChI=1S/C16H18N2O6S/c1-22-12-4-6-15(7-5-12)25(20,21)18-17-16(19)11-8-13(23-2)10-14(9-11)24-3/h4-10,18H,1-3H3,(H,17,19). The van der Waals surface area contributed by atoms with E-state index in [0.717, 1.165) is 0 Å². The maximum absolute atomic E-state index is 12.2. The number of ether oxygens (including phenoxy) is 3. The van der Waals surface area contributed by atoms with Crippen molar-refractivity contribution in [3.05, 3.63) is 48.0 Å². The zero-order valence-electron chi connectivity index (χ0n) is 13.9. The molecule has 2 N–H and O–H groups in total. The van der Waals surface area contributed by atoms with E-state index in [-0.39, 0.29) is 10.5 Å². The largest absolute Gasteiger partial charge is 0.497 e. The average Bonchev–Trinajstić information content (AvgIpc) is 2.65. The van der Waals surface area contributed by atoms with Gasteiger partial charge in [0.1, 0.15) is 17.2 Å². The second-order valence-corrected chi connectivity index (χ2v) is 6.52. The zero-order chi connectivity index (χ0) is 18.4. The Kier molecular flexibility index (Phi) is 5.84. The second-order valence-electron chi connectivity index (χ2n) is 4.84. The number of sulfonamides is 1. The maximum atomic E-state index is 12.2. The number of rotatable bonds is 7. The summed E-state index contributed by atoms with van der Waals surface area (Å²) >= 11 is 0. The fourth-order valence-corrected chi connectivity index (χ4v) is 2.78. The van der Waals surface area contributed by atoms with Crippen molar-refractivity contribution in [2.45, 2.75) is 4.90 Å². The molecular formula is C16H18N2O6S. The van der Waals surface area contributed by atoms with Gasteiger partial charge in [0.15, 0.2) is 0 Å². The summed E-state index contributed by atoms with van der Waals surface area (Å²) in [7, 11) is 0.451. The Morgan fingerprint density at radius 2 is 1.36 bits per heavy atom. The Hall–Kier alpha value is -2.78. The third-order valence-corrected chi connectivity index (χ3v) is 4.55. The summed E-state index contributed by atoms with van der Waals surface area (Å²) in [5.41, 5.74) is 2.32. The van der Waals surface area contributed by atoms with Gasteiger partial charge in [0.2, 0.25) is 0 Å². The van der Waals surface area contributed by atoms with Gasteiger partial charge in [0, 0.05) is 11.6 Å². The van der Waals surface area contributed by atoms with E-state index in [0.29, 0.717) is 17.2 Å². The molecule has 0 heterocycles. The highest BCUT2D eigenvalue weighted by atomic mass is 32.2. The van der Waals surface area contributed by atoms with Crippen molar-refractivity contribution in [3.8, 4) is 17.2 Å². The molecule has 9 heteroatoms. The van der Waals surface area contributed by atoms with Gasteiger partial charge < -0.3 is 14.2 Å². The van der Waals surface area contributed by atoms with Gasteiger partial charge in [-0.1, -0.05) is 0 Å². The van der Waals surface area contributed by atoms with Gasteiger partial charge in [-0.25, -0.2) is 8.42 Å². The van der Waals surface area contributed by atoms with Crippen LogP contribution in [0, 0.1) is 0 Å². The van der Waals surface area contributed by atoms with Crippen molar-refractivity contribution in [3.63, 3.8) is 0 Å². The smallest absolute Gasteiger partial charge is 0.266 e. The first-order valence-corrected chi connectivity index (χ1v) is 8.57. The number of carbonyl (C=O) groups is 1. The van der Waals surface area contributed by atoms with Crippen LogP contribution in [0.3, 0.4) is 0 Å². The minimum Gasteiger partial charge on any atom is -0.497 e. The van der Waals surface area contributed by atoms with E-state index in [1.54, 1.807) is 6.07 Å². The SMILES string of the molecule is COc1ccc(S(=O)(=O)NNC(=O)c2cc(OC)cc(OC)c2)cc1. The lowest BCUT2D eigenvalue weighted by molar-refractivity contribution is 0.0944. The Bertz CT molecular complexity index is 827. The fraction of sp³-hybridized carbons (Fsp3) is 0.188. The van der Waals surface area contributed by atoms with Gasteiger partial charge >= 0.3 is 0 Å². The van der Waals surface area contributed by atoms with E-state index in [1.165, 1.54) is 57.7 Å². The normalized spacial score (nSPS) is 10.8. The van der Waals surface area contributed by atoms with Crippen molar-refractivity contribution in [1.29, 1.82) is 0 Å². The van der Waals surface area contributed by atoms with Crippen LogP contribution in [0.15, 0.2) is 47.4 Å². The van der Waals surface area contributed by atoms with Crippen LogP contribution in [0.4, 0.5) is 0 Å². The van der Waals surface area contributed by atoms with Crippen molar-refractivity contribution in [1.82, 2.24) is 10.3 Å². The zero-order valence-corrected chi connectivity index (χ0v) is 14.7. The van der Waals surface area contributed by atoms with Gasteiger partial charge in [0.05, 0.1) is 26.2 Å². The molecule has 8 nitrogen and oxygen atoms in total. The predicted octanol–water partition coefficient (Wildman–Crippen LogP) is 1.34. The molecule has 1 amide bonds. The molecule has 0 aliphatic heterocycles. The first kappa shape index (κ1) is 18.6. The monoisotopic (exact) mass is 366 g/mol. The van der Waals surface area contributed by atoms with Crippen molar-refractivity contribution < 1.29 is 27.4 Å². The Morgan fingerprint density at radius 1 is 0.840 bits per heavy atom. The Labute approximate surface area is 145 Å². The third kappa shape index (κ3) is 4.61. The van der Waals surface area contributed by atoms with Crippen molar-refractivity contribution in [2.75, 3.05) is 21.3 Å². The summed E-state index contributed by atoms with van der Waals surface area (Å²) in [6, 6.07) is 10.2. The molecular weight excluding hydrogens is 348 g/mol. The number of benzene rings is 2. The molecule has 0 unspecified atom stereocenters. The van der Waals surface area contributed by atoms with E-state index in [2.05, 4.69) is 5.43 Å². The molecule has 0 saturated heterocycles. The van der Waals surface area contributed by atoms with Gasteiger partial charge in [-0.05, 0) is 36.4 Å². The molecule has 2 aromatic rings. The number of amides is 1. The molecule has 2 rings (SSSR count). The lowest BCUT2D eigenvalue weighted by Crippen LogP contribution is -2.41. The molecule has 0 saturated carbocycles. The van der Waals surface area contributed by atoms with Crippen LogP contribution in [0.2, 0.25) is 0 Å². The first-order chi connectivity index (χ1) is 11.9. The highest BCUT2D eigenvalue weighted by Gasteiger charge is 2.16. The van der Waals surface area contributed by atoms with E-state index < -0.39 is 15.9 Å². The van der Waals surface area contributed by atoms with Crippen molar-refractivity contribution >= 4 is 15.9 Å². The lowest BCUT2D eigenvalue weighted by atomic mass is 10.2. The Morgan fingerprint density at radius 3 is 1.84 bits per heavy atom. The summed E-state index contributed by atoms with van der Waals surface area (Å²) in [6.45, 7) is 0. The molecule has 134 valence electrons. The summed E-state index contributed by atoms with van der Waals surface area (Å²) in [6.07, 6.45) is 0. The third-order valence-electron chi connectivity index (χ3n) is 3.28. The number of hydrogen-bond acceptors (Lipinski definition) is 6. The van der Waals surface area contributed by atoms with Crippen LogP contribution >= 0.6 is 0 Å². The minimum atomic E-state index is -3.92. The Balaban J connectivity index is 2.12. The summed E-state index contributed by atoms with van der Waals surface area (Å²) in [4.78, 5) is 14.2. The molecule has 0 fully saturated rings. The molecule has 2 aromatic carbocycles. The molecule has 0 aliphatic rings. The van der Waals surface area contributed by atoms with E-state index >= 15 is 0 Å². The number of hydrazine groups is 1. The summed E-state index contributed by atoms with van der Waals surface area (Å²) < 4.78 is 39.5. The molecule has 0 atom stereocenters. The van der Waals surface area contributed by atoms with Crippen LogP contribution in [-0.2, 0) is 10.0 Å². The van der Waals surface area contributed by atoms with Gasteiger partial charge in [0.25, 0.3) is 15.9 Å². The van der Waals surface area contributed by atoms with Crippen LogP contribution in [0.5, 0.6) is 17.2 Å². The van der Waals surface area contributed by atoms with Crippen molar-refractivity contribution in [2.24, 2.45) is 0 Å². The topological polar surface area (TPSA) is 103 Å².